The molecular formula is C9H9Cl2N3O2. The van der Waals surface area contributed by atoms with Crippen molar-refractivity contribution in [3.8, 4) is 0 Å². The van der Waals surface area contributed by atoms with E-state index in [0.717, 1.165) is 0 Å². The zero-order valence-electron chi connectivity index (χ0n) is 8.09. The summed E-state index contributed by atoms with van der Waals surface area (Å²) < 4.78 is 0. The molecule has 16 heavy (non-hydrogen) atoms. The second-order valence-electron chi connectivity index (χ2n) is 2.95. The zero-order valence-corrected chi connectivity index (χ0v) is 9.60. The van der Waals surface area contributed by atoms with E-state index >= 15 is 0 Å². The average Bonchev–Trinajstić information content (AvgIpc) is 2.15. The fourth-order valence-corrected chi connectivity index (χ4v) is 1.55. The summed E-state index contributed by atoms with van der Waals surface area (Å²) in [4.78, 5) is 22.1. The van der Waals surface area contributed by atoms with Gasteiger partial charge in [-0.05, 0) is 18.2 Å². The molecule has 5 nitrogen and oxygen atoms in total. The summed E-state index contributed by atoms with van der Waals surface area (Å²) >= 11 is 11.5. The maximum Gasteiger partial charge on any atom is 0.243 e. The number of anilines is 1. The zero-order chi connectivity index (χ0) is 12.1. The molecule has 2 amide bonds. The van der Waals surface area contributed by atoms with Gasteiger partial charge in [-0.3, -0.25) is 15.0 Å². The molecule has 1 rings (SSSR count). The number of rotatable bonds is 3. The predicted molar refractivity (Wildman–Crippen MR) is 62.0 cm³/mol. The highest BCUT2D eigenvalue weighted by molar-refractivity contribution is 6.35. The number of nitrogens with one attached hydrogen (secondary N) is 2. The number of benzene rings is 1. The summed E-state index contributed by atoms with van der Waals surface area (Å²) in [5, 5.41) is 3.25. The summed E-state index contributed by atoms with van der Waals surface area (Å²) in [5.74, 6) is 3.76. The summed E-state index contributed by atoms with van der Waals surface area (Å²) in [6, 6.07) is 4.57. The van der Waals surface area contributed by atoms with E-state index in [1.165, 1.54) is 18.2 Å². The molecule has 7 heteroatoms. The molecule has 0 aliphatic heterocycles. The average molecular weight is 262 g/mol. The van der Waals surface area contributed by atoms with Gasteiger partial charge in [0.25, 0.3) is 0 Å². The van der Waals surface area contributed by atoms with E-state index in [-0.39, 0.29) is 6.42 Å². The highest BCUT2D eigenvalue weighted by Gasteiger charge is 2.08. The van der Waals surface area contributed by atoms with E-state index < -0.39 is 11.8 Å². The van der Waals surface area contributed by atoms with Crippen molar-refractivity contribution in [3.05, 3.63) is 28.2 Å². The molecule has 0 radical (unpaired) electrons. The van der Waals surface area contributed by atoms with Crippen LogP contribution in [0.2, 0.25) is 10.0 Å². The predicted octanol–water partition coefficient (Wildman–Crippen LogP) is 1.31. The highest BCUT2D eigenvalue weighted by Crippen LogP contribution is 2.22. The Hall–Kier alpha value is -1.30. The number of amides is 2. The van der Waals surface area contributed by atoms with E-state index in [1.54, 1.807) is 0 Å². The molecule has 0 heterocycles. The number of carbonyl (C=O) groups excluding carboxylic acids is 2. The molecule has 86 valence electrons. The van der Waals surface area contributed by atoms with Crippen molar-refractivity contribution in [2.24, 2.45) is 5.84 Å². The third kappa shape index (κ3) is 4.06. The summed E-state index contributed by atoms with van der Waals surface area (Å²) in [6.45, 7) is 0. The van der Waals surface area contributed by atoms with Crippen molar-refractivity contribution < 1.29 is 9.59 Å². The number of carbonyl (C=O) groups is 2. The van der Waals surface area contributed by atoms with Gasteiger partial charge in [0.1, 0.15) is 6.42 Å². The second kappa shape index (κ2) is 5.69. The minimum absolute atomic E-state index is 0.360. The molecule has 0 spiro atoms. The van der Waals surface area contributed by atoms with Crippen LogP contribution in [0.3, 0.4) is 0 Å². The van der Waals surface area contributed by atoms with Crippen molar-refractivity contribution >= 4 is 40.7 Å². The Bertz CT molecular complexity index is 403. The minimum Gasteiger partial charge on any atom is -0.326 e. The Morgan fingerprint density at radius 1 is 1.12 bits per heavy atom. The summed E-state index contributed by atoms with van der Waals surface area (Å²) in [5.41, 5.74) is 2.28. The van der Waals surface area contributed by atoms with E-state index in [1.807, 2.05) is 5.43 Å². The molecular weight excluding hydrogens is 253 g/mol. The number of hydrazine groups is 1. The van der Waals surface area contributed by atoms with Crippen LogP contribution in [-0.2, 0) is 9.59 Å². The van der Waals surface area contributed by atoms with Crippen LogP contribution in [0.5, 0.6) is 0 Å². The van der Waals surface area contributed by atoms with Gasteiger partial charge < -0.3 is 5.32 Å². The van der Waals surface area contributed by atoms with Gasteiger partial charge in [-0.2, -0.15) is 0 Å². The molecule has 0 aliphatic rings. The summed E-state index contributed by atoms with van der Waals surface area (Å²) in [7, 11) is 0. The molecule has 0 saturated carbocycles. The van der Waals surface area contributed by atoms with Crippen LogP contribution in [-0.4, -0.2) is 11.8 Å². The summed E-state index contributed by atoms with van der Waals surface area (Å²) in [6.07, 6.45) is -0.360. The molecule has 1 aromatic carbocycles. The first-order chi connectivity index (χ1) is 7.51. The number of nitrogens with two attached hydrogens (primary N) is 1. The maximum absolute atomic E-state index is 11.3. The van der Waals surface area contributed by atoms with E-state index in [0.29, 0.717) is 15.7 Å². The Morgan fingerprint density at radius 2 is 1.69 bits per heavy atom. The topological polar surface area (TPSA) is 84.2 Å². The van der Waals surface area contributed by atoms with Crippen LogP contribution in [0, 0.1) is 0 Å². The fraction of sp³-hybridized carbons (Fsp3) is 0.111. The SMILES string of the molecule is NNC(=O)CC(=O)Nc1cc(Cl)cc(Cl)c1. The van der Waals surface area contributed by atoms with Crippen molar-refractivity contribution in [2.45, 2.75) is 6.42 Å². The number of halogens is 2. The first-order valence-corrected chi connectivity index (χ1v) is 5.02. The van der Waals surface area contributed by atoms with Gasteiger partial charge in [0.15, 0.2) is 0 Å². The lowest BCUT2D eigenvalue weighted by Crippen LogP contribution is -2.33. The van der Waals surface area contributed by atoms with Crippen molar-refractivity contribution in [1.29, 1.82) is 0 Å². The van der Waals surface area contributed by atoms with Crippen molar-refractivity contribution in [2.75, 3.05) is 5.32 Å². The van der Waals surface area contributed by atoms with Gasteiger partial charge in [-0.25, -0.2) is 5.84 Å². The minimum atomic E-state index is -0.578. The number of hydrogen-bond acceptors (Lipinski definition) is 3. The van der Waals surface area contributed by atoms with Crippen LogP contribution < -0.4 is 16.6 Å². The Kier molecular flexibility index (Phi) is 4.54. The van der Waals surface area contributed by atoms with Crippen LogP contribution >= 0.6 is 23.2 Å². The molecule has 0 fully saturated rings. The normalized spacial score (nSPS) is 9.69. The molecule has 0 bridgehead atoms. The number of hydrogen-bond donors (Lipinski definition) is 3. The fourth-order valence-electron chi connectivity index (χ4n) is 1.03. The molecule has 1 aromatic rings. The Balaban J connectivity index is 2.66. The smallest absolute Gasteiger partial charge is 0.243 e. The van der Waals surface area contributed by atoms with Gasteiger partial charge >= 0.3 is 0 Å². The molecule has 0 saturated heterocycles. The highest BCUT2D eigenvalue weighted by atomic mass is 35.5. The Morgan fingerprint density at radius 3 is 2.19 bits per heavy atom. The molecule has 0 atom stereocenters. The van der Waals surface area contributed by atoms with Gasteiger partial charge in [0.05, 0.1) is 0 Å². The van der Waals surface area contributed by atoms with E-state index in [4.69, 9.17) is 29.0 Å². The Labute approximate surface area is 102 Å². The van der Waals surface area contributed by atoms with Gasteiger partial charge in [0.2, 0.25) is 11.8 Å². The van der Waals surface area contributed by atoms with Crippen LogP contribution in [0.25, 0.3) is 0 Å². The lowest BCUT2D eigenvalue weighted by atomic mass is 10.3. The molecule has 0 unspecified atom stereocenters. The van der Waals surface area contributed by atoms with Gasteiger partial charge in [-0.1, -0.05) is 23.2 Å². The van der Waals surface area contributed by atoms with Crippen LogP contribution in [0.15, 0.2) is 18.2 Å². The largest absolute Gasteiger partial charge is 0.326 e. The second-order valence-corrected chi connectivity index (χ2v) is 3.82. The van der Waals surface area contributed by atoms with Crippen molar-refractivity contribution in [3.63, 3.8) is 0 Å². The van der Waals surface area contributed by atoms with Crippen LogP contribution in [0.4, 0.5) is 5.69 Å². The van der Waals surface area contributed by atoms with Crippen LogP contribution in [0.1, 0.15) is 6.42 Å². The first kappa shape index (κ1) is 12.8. The van der Waals surface area contributed by atoms with E-state index in [9.17, 15) is 9.59 Å². The third-order valence-corrected chi connectivity index (χ3v) is 2.06. The molecule has 4 N–H and O–H groups in total. The molecule has 0 aliphatic carbocycles. The lowest BCUT2D eigenvalue weighted by molar-refractivity contribution is -0.126. The molecule has 0 aromatic heterocycles. The maximum atomic E-state index is 11.3. The lowest BCUT2D eigenvalue weighted by Gasteiger charge is -2.05. The quantitative estimate of drug-likeness (QED) is 0.332. The monoisotopic (exact) mass is 261 g/mol. The van der Waals surface area contributed by atoms with Gasteiger partial charge in [0, 0.05) is 15.7 Å². The third-order valence-electron chi connectivity index (χ3n) is 1.63. The van der Waals surface area contributed by atoms with E-state index in [2.05, 4.69) is 5.32 Å². The standard InChI is InChI=1S/C9H9Cl2N3O2/c10-5-1-6(11)3-7(2-5)13-8(15)4-9(16)14-12/h1-3H,4,12H2,(H,13,15)(H,14,16). The van der Waals surface area contributed by atoms with Crippen molar-refractivity contribution in [1.82, 2.24) is 5.43 Å². The first-order valence-electron chi connectivity index (χ1n) is 4.26. The van der Waals surface area contributed by atoms with Gasteiger partial charge in [-0.15, -0.1) is 0 Å².